The van der Waals surface area contributed by atoms with Crippen LogP contribution in [0.15, 0.2) is 27.5 Å². The second-order valence-electron chi connectivity index (χ2n) is 3.65. The molecule has 2 nitrogen and oxygen atoms in total. The smallest absolute Gasteiger partial charge is 0.357 e. The molecule has 0 aliphatic carbocycles. The van der Waals surface area contributed by atoms with Gasteiger partial charge in [0, 0.05) is 11.1 Å². The van der Waals surface area contributed by atoms with Crippen molar-refractivity contribution in [3.63, 3.8) is 0 Å². The fraction of sp³-hybridized carbons (Fsp3) is 0.182. The van der Waals surface area contributed by atoms with Gasteiger partial charge in [0.2, 0.25) is 5.43 Å². The predicted octanol–water partition coefficient (Wildman–Crippen LogP) is 3.62. The number of halogens is 4. The summed E-state index contributed by atoms with van der Waals surface area (Å²) in [5, 5.41) is 0.232. The lowest BCUT2D eigenvalue weighted by atomic mass is 10.1. The first kappa shape index (κ1) is 12.2. The maximum Gasteiger partial charge on any atom is 0.416 e. The van der Waals surface area contributed by atoms with Gasteiger partial charge >= 0.3 is 6.18 Å². The van der Waals surface area contributed by atoms with Crippen LogP contribution in [0.2, 0.25) is 0 Å². The van der Waals surface area contributed by atoms with E-state index in [-0.39, 0.29) is 16.3 Å². The van der Waals surface area contributed by atoms with E-state index in [0.29, 0.717) is 10.2 Å². The Balaban J connectivity index is 2.81. The third-order valence-electron chi connectivity index (χ3n) is 2.44. The average molecular weight is 306 g/mol. The minimum Gasteiger partial charge on any atom is -0.357 e. The molecule has 6 heteroatoms. The summed E-state index contributed by atoms with van der Waals surface area (Å²) in [6, 6.07) is 3.02. The molecule has 2 aromatic rings. The summed E-state index contributed by atoms with van der Waals surface area (Å²) in [6.07, 6.45) is -4.41. The summed E-state index contributed by atoms with van der Waals surface area (Å²) >= 11 is 3.09. The number of aromatic nitrogens is 1. The zero-order valence-electron chi connectivity index (χ0n) is 8.65. The van der Waals surface area contributed by atoms with Gasteiger partial charge in [0.1, 0.15) is 0 Å². The van der Waals surface area contributed by atoms with E-state index in [1.54, 1.807) is 6.92 Å². The Morgan fingerprint density at radius 1 is 1.29 bits per heavy atom. The van der Waals surface area contributed by atoms with Crippen LogP contribution < -0.4 is 5.43 Å². The number of pyridine rings is 1. The van der Waals surface area contributed by atoms with Crippen molar-refractivity contribution < 1.29 is 13.2 Å². The molecule has 0 bridgehead atoms. The molecule has 0 aliphatic heterocycles. The number of nitrogens with one attached hydrogen (secondary N) is 1. The maximum absolute atomic E-state index is 12.5. The minimum atomic E-state index is -4.41. The lowest BCUT2D eigenvalue weighted by Gasteiger charge is -2.08. The molecule has 0 fully saturated rings. The number of aromatic amines is 1. The van der Waals surface area contributed by atoms with E-state index in [9.17, 15) is 18.0 Å². The van der Waals surface area contributed by atoms with Crippen molar-refractivity contribution in [2.75, 3.05) is 0 Å². The summed E-state index contributed by atoms with van der Waals surface area (Å²) in [6.45, 7) is 1.62. The molecule has 1 aromatic heterocycles. The zero-order valence-corrected chi connectivity index (χ0v) is 10.2. The highest BCUT2D eigenvalue weighted by Gasteiger charge is 2.30. The van der Waals surface area contributed by atoms with E-state index in [0.717, 1.165) is 12.1 Å². The Morgan fingerprint density at radius 3 is 2.53 bits per heavy atom. The number of aryl methyl sites for hydroxylation is 1. The molecule has 0 saturated carbocycles. The van der Waals surface area contributed by atoms with E-state index in [1.807, 2.05) is 0 Å². The Hall–Kier alpha value is -1.30. The Labute approximate surface area is 103 Å². The molecular weight excluding hydrogens is 299 g/mol. The number of hydrogen-bond donors (Lipinski definition) is 1. The van der Waals surface area contributed by atoms with Crippen molar-refractivity contribution in [3.8, 4) is 0 Å². The monoisotopic (exact) mass is 305 g/mol. The summed E-state index contributed by atoms with van der Waals surface area (Å²) < 4.78 is 37.8. The summed E-state index contributed by atoms with van der Waals surface area (Å²) in [7, 11) is 0. The van der Waals surface area contributed by atoms with Crippen LogP contribution in [-0.2, 0) is 6.18 Å². The largest absolute Gasteiger partial charge is 0.416 e. The van der Waals surface area contributed by atoms with E-state index >= 15 is 0 Å². The van der Waals surface area contributed by atoms with Gasteiger partial charge in [-0.15, -0.1) is 0 Å². The predicted molar refractivity (Wildman–Crippen MR) is 62.0 cm³/mol. The SMILES string of the molecule is Cc1[nH]c2cc(C(F)(F)F)ccc2c(=O)c1Br. The van der Waals surface area contributed by atoms with Crippen LogP contribution >= 0.6 is 15.9 Å². The maximum atomic E-state index is 12.5. The van der Waals surface area contributed by atoms with Crippen molar-refractivity contribution >= 4 is 26.8 Å². The number of hydrogen-bond acceptors (Lipinski definition) is 1. The first-order chi connectivity index (χ1) is 7.80. The standard InChI is InChI=1S/C11H7BrF3NO/c1-5-9(12)10(17)7-3-2-6(11(13,14)15)4-8(7)16-5/h2-4H,1H3,(H,16,17). The quantitative estimate of drug-likeness (QED) is 0.792. The van der Waals surface area contributed by atoms with E-state index in [2.05, 4.69) is 20.9 Å². The van der Waals surface area contributed by atoms with Crippen LogP contribution in [0.3, 0.4) is 0 Å². The van der Waals surface area contributed by atoms with E-state index < -0.39 is 11.7 Å². The Kier molecular flexibility index (Phi) is 2.77. The fourth-order valence-electron chi connectivity index (χ4n) is 1.57. The Morgan fingerprint density at radius 2 is 1.94 bits per heavy atom. The second-order valence-corrected chi connectivity index (χ2v) is 4.44. The van der Waals surface area contributed by atoms with Crippen molar-refractivity contribution in [1.82, 2.24) is 4.98 Å². The van der Waals surface area contributed by atoms with E-state index in [1.165, 1.54) is 6.07 Å². The molecule has 0 atom stereocenters. The zero-order chi connectivity index (χ0) is 12.8. The summed E-state index contributed by atoms with van der Waals surface area (Å²) in [5.41, 5.74) is -0.403. The molecule has 17 heavy (non-hydrogen) atoms. The minimum absolute atomic E-state index is 0.186. The highest BCUT2D eigenvalue weighted by atomic mass is 79.9. The number of rotatable bonds is 0. The van der Waals surface area contributed by atoms with Crippen molar-refractivity contribution in [1.29, 1.82) is 0 Å². The van der Waals surface area contributed by atoms with Gasteiger partial charge in [-0.05, 0) is 41.1 Å². The van der Waals surface area contributed by atoms with Crippen LogP contribution in [0.25, 0.3) is 10.9 Å². The fourth-order valence-corrected chi connectivity index (χ4v) is 1.88. The Bertz CT molecular complexity index is 645. The average Bonchev–Trinajstić information content (AvgIpc) is 2.24. The van der Waals surface area contributed by atoms with Crippen LogP contribution in [0, 0.1) is 6.92 Å². The van der Waals surface area contributed by atoms with Gasteiger partial charge in [-0.3, -0.25) is 4.79 Å². The van der Waals surface area contributed by atoms with Gasteiger partial charge in [-0.1, -0.05) is 0 Å². The molecule has 1 N–H and O–H groups in total. The third-order valence-corrected chi connectivity index (χ3v) is 3.40. The van der Waals surface area contributed by atoms with Gasteiger partial charge in [0.05, 0.1) is 15.6 Å². The van der Waals surface area contributed by atoms with Crippen molar-refractivity contribution in [2.45, 2.75) is 13.1 Å². The first-order valence-electron chi connectivity index (χ1n) is 4.70. The topological polar surface area (TPSA) is 32.9 Å². The van der Waals surface area contributed by atoms with Crippen molar-refractivity contribution in [2.24, 2.45) is 0 Å². The van der Waals surface area contributed by atoms with Crippen LogP contribution in [0.4, 0.5) is 13.2 Å². The molecule has 1 heterocycles. The molecule has 0 spiro atoms. The number of benzene rings is 1. The second kappa shape index (κ2) is 3.87. The molecule has 1 aromatic carbocycles. The van der Waals surface area contributed by atoms with Gasteiger partial charge in [0.15, 0.2) is 0 Å². The summed E-state index contributed by atoms with van der Waals surface area (Å²) in [5.74, 6) is 0. The van der Waals surface area contributed by atoms with Crippen LogP contribution in [-0.4, -0.2) is 4.98 Å². The molecule has 0 radical (unpaired) electrons. The van der Waals surface area contributed by atoms with Gasteiger partial charge in [-0.2, -0.15) is 13.2 Å². The molecule has 2 rings (SSSR count). The molecule has 90 valence electrons. The molecule has 0 saturated heterocycles. The lowest BCUT2D eigenvalue weighted by molar-refractivity contribution is -0.137. The highest BCUT2D eigenvalue weighted by molar-refractivity contribution is 9.10. The normalized spacial score (nSPS) is 12.1. The van der Waals surface area contributed by atoms with Crippen LogP contribution in [0.1, 0.15) is 11.3 Å². The number of fused-ring (bicyclic) bond motifs is 1. The summed E-state index contributed by atoms with van der Waals surface area (Å²) in [4.78, 5) is 14.5. The van der Waals surface area contributed by atoms with Crippen molar-refractivity contribution in [3.05, 3.63) is 44.2 Å². The third kappa shape index (κ3) is 2.09. The van der Waals surface area contributed by atoms with Gasteiger partial charge in [0.25, 0.3) is 0 Å². The molecule has 0 unspecified atom stereocenters. The highest BCUT2D eigenvalue weighted by Crippen LogP contribution is 2.30. The van der Waals surface area contributed by atoms with Gasteiger partial charge in [-0.25, -0.2) is 0 Å². The molecule has 0 aliphatic rings. The van der Waals surface area contributed by atoms with Gasteiger partial charge < -0.3 is 4.98 Å². The number of alkyl halides is 3. The molecule has 0 amide bonds. The molecular formula is C11H7BrF3NO. The van der Waals surface area contributed by atoms with Crippen LogP contribution in [0.5, 0.6) is 0 Å². The lowest BCUT2D eigenvalue weighted by Crippen LogP contribution is -2.09. The first-order valence-corrected chi connectivity index (χ1v) is 5.49. The number of H-pyrrole nitrogens is 1. The van der Waals surface area contributed by atoms with E-state index in [4.69, 9.17) is 0 Å².